The first-order valence-corrected chi connectivity index (χ1v) is 5.04. The van der Waals surface area contributed by atoms with Crippen LogP contribution in [0.5, 0.6) is 5.75 Å². The molecule has 1 heterocycles. The maximum atomic E-state index is 12.0. The molecule has 0 unspecified atom stereocenters. The topological polar surface area (TPSA) is 32.8 Å². The summed E-state index contributed by atoms with van der Waals surface area (Å²) >= 11 is 0. The van der Waals surface area contributed by atoms with Gasteiger partial charge >= 0.3 is 0 Å². The standard InChI is InChI=1S/C12H14N2O2/c1-13-7-8-14(9-13)12(15)10-3-5-11(16-2)6-4-10/h3-8H,9H2,1-2H3. The molecule has 1 amide bonds. The van der Waals surface area contributed by atoms with Crippen molar-refractivity contribution >= 4 is 5.91 Å². The Bertz CT molecular complexity index is 412. The molecule has 1 aliphatic heterocycles. The molecule has 0 radical (unpaired) electrons. The summed E-state index contributed by atoms with van der Waals surface area (Å²) in [6.07, 6.45) is 3.66. The van der Waals surface area contributed by atoms with E-state index in [1.54, 1.807) is 42.5 Å². The fraction of sp³-hybridized carbons (Fsp3) is 0.250. The van der Waals surface area contributed by atoms with Gasteiger partial charge in [-0.25, -0.2) is 0 Å². The Morgan fingerprint density at radius 1 is 1.25 bits per heavy atom. The molecule has 2 rings (SSSR count). The molecular formula is C12H14N2O2. The Balaban J connectivity index is 2.12. The van der Waals surface area contributed by atoms with Crippen LogP contribution in [0.2, 0.25) is 0 Å². The molecule has 4 nitrogen and oxygen atoms in total. The highest BCUT2D eigenvalue weighted by Crippen LogP contribution is 2.15. The smallest absolute Gasteiger partial charge is 0.259 e. The molecule has 4 heteroatoms. The SMILES string of the molecule is COc1ccc(C(=O)N2C=CN(C)C2)cc1. The lowest BCUT2D eigenvalue weighted by atomic mass is 10.2. The first-order chi connectivity index (χ1) is 7.70. The van der Waals surface area contributed by atoms with Crippen molar-refractivity contribution in [3.8, 4) is 5.75 Å². The highest BCUT2D eigenvalue weighted by atomic mass is 16.5. The number of hydrogen-bond donors (Lipinski definition) is 0. The Kier molecular flexibility index (Phi) is 2.81. The molecule has 1 aromatic carbocycles. The van der Waals surface area contributed by atoms with E-state index in [0.29, 0.717) is 12.2 Å². The van der Waals surface area contributed by atoms with Gasteiger partial charge in [0.2, 0.25) is 0 Å². The molecule has 0 saturated carbocycles. The van der Waals surface area contributed by atoms with Crippen molar-refractivity contribution in [1.29, 1.82) is 0 Å². The highest BCUT2D eigenvalue weighted by Gasteiger charge is 2.17. The maximum Gasteiger partial charge on any atom is 0.259 e. The average Bonchev–Trinajstić information content (AvgIpc) is 2.75. The molecule has 0 atom stereocenters. The molecule has 0 N–H and O–H groups in total. The summed E-state index contributed by atoms with van der Waals surface area (Å²) in [4.78, 5) is 15.6. The van der Waals surface area contributed by atoms with Crippen LogP contribution in [0.1, 0.15) is 10.4 Å². The Morgan fingerprint density at radius 2 is 1.94 bits per heavy atom. The molecule has 1 aliphatic rings. The number of methoxy groups -OCH3 is 1. The van der Waals surface area contributed by atoms with Crippen molar-refractivity contribution in [2.75, 3.05) is 20.8 Å². The van der Waals surface area contributed by atoms with E-state index in [4.69, 9.17) is 4.74 Å². The van der Waals surface area contributed by atoms with Gasteiger partial charge in [0.25, 0.3) is 5.91 Å². The summed E-state index contributed by atoms with van der Waals surface area (Å²) in [7, 11) is 3.53. The van der Waals surface area contributed by atoms with E-state index in [-0.39, 0.29) is 5.91 Å². The van der Waals surface area contributed by atoms with Gasteiger partial charge in [0.05, 0.1) is 13.8 Å². The second-order valence-electron chi connectivity index (χ2n) is 3.70. The van der Waals surface area contributed by atoms with Gasteiger partial charge in [-0.15, -0.1) is 0 Å². The number of benzene rings is 1. The molecule has 0 aromatic heterocycles. The van der Waals surface area contributed by atoms with Gasteiger partial charge < -0.3 is 9.64 Å². The molecular weight excluding hydrogens is 204 g/mol. The molecule has 0 aliphatic carbocycles. The number of carbonyl (C=O) groups excluding carboxylic acids is 1. The van der Waals surface area contributed by atoms with Crippen molar-refractivity contribution in [2.24, 2.45) is 0 Å². The van der Waals surface area contributed by atoms with Crippen LogP contribution in [0.3, 0.4) is 0 Å². The van der Waals surface area contributed by atoms with Crippen LogP contribution in [0.15, 0.2) is 36.7 Å². The van der Waals surface area contributed by atoms with E-state index in [1.165, 1.54) is 0 Å². The van der Waals surface area contributed by atoms with Crippen LogP contribution in [0.25, 0.3) is 0 Å². The number of ether oxygens (including phenoxy) is 1. The second kappa shape index (κ2) is 4.26. The fourth-order valence-corrected chi connectivity index (χ4v) is 1.56. The van der Waals surface area contributed by atoms with Crippen molar-refractivity contribution in [3.63, 3.8) is 0 Å². The zero-order valence-electron chi connectivity index (χ0n) is 9.38. The van der Waals surface area contributed by atoms with Crippen LogP contribution in [-0.4, -0.2) is 36.5 Å². The van der Waals surface area contributed by atoms with Gasteiger partial charge in [-0.2, -0.15) is 0 Å². The quantitative estimate of drug-likeness (QED) is 0.754. The van der Waals surface area contributed by atoms with Gasteiger partial charge in [0.15, 0.2) is 0 Å². The first kappa shape index (κ1) is 10.5. The average molecular weight is 218 g/mol. The molecule has 0 spiro atoms. The van der Waals surface area contributed by atoms with Crippen LogP contribution in [0, 0.1) is 0 Å². The first-order valence-electron chi connectivity index (χ1n) is 5.04. The Morgan fingerprint density at radius 3 is 2.44 bits per heavy atom. The third-order valence-corrected chi connectivity index (χ3v) is 2.47. The highest BCUT2D eigenvalue weighted by molar-refractivity contribution is 5.95. The summed E-state index contributed by atoms with van der Waals surface area (Å²) in [6, 6.07) is 7.12. The minimum Gasteiger partial charge on any atom is -0.497 e. The van der Waals surface area contributed by atoms with E-state index < -0.39 is 0 Å². The molecule has 16 heavy (non-hydrogen) atoms. The molecule has 0 bridgehead atoms. The predicted octanol–water partition coefficient (Wildman–Crippen LogP) is 1.51. The lowest BCUT2D eigenvalue weighted by molar-refractivity contribution is 0.0803. The minimum atomic E-state index is 0.00301. The van der Waals surface area contributed by atoms with E-state index in [1.807, 2.05) is 18.1 Å². The van der Waals surface area contributed by atoms with E-state index >= 15 is 0 Å². The molecule has 0 fully saturated rings. The lowest BCUT2D eigenvalue weighted by Gasteiger charge is -2.16. The number of nitrogens with zero attached hydrogens (tertiary/aromatic N) is 2. The summed E-state index contributed by atoms with van der Waals surface area (Å²) < 4.78 is 5.04. The molecule has 1 aromatic rings. The minimum absolute atomic E-state index is 0.00301. The number of carbonyl (C=O) groups is 1. The lowest BCUT2D eigenvalue weighted by Crippen LogP contribution is -2.28. The normalized spacial score (nSPS) is 14.4. The summed E-state index contributed by atoms with van der Waals surface area (Å²) in [5.41, 5.74) is 0.667. The van der Waals surface area contributed by atoms with Crippen molar-refractivity contribution in [1.82, 2.24) is 9.80 Å². The summed E-state index contributed by atoms with van der Waals surface area (Å²) in [6.45, 7) is 0.602. The van der Waals surface area contributed by atoms with Crippen molar-refractivity contribution in [3.05, 3.63) is 42.2 Å². The van der Waals surface area contributed by atoms with Crippen LogP contribution >= 0.6 is 0 Å². The maximum absolute atomic E-state index is 12.0. The summed E-state index contributed by atoms with van der Waals surface area (Å²) in [5, 5.41) is 0. The van der Waals surface area contributed by atoms with E-state index in [0.717, 1.165) is 5.75 Å². The molecule has 0 saturated heterocycles. The number of rotatable bonds is 2. The van der Waals surface area contributed by atoms with Gasteiger partial charge in [-0.05, 0) is 24.3 Å². The van der Waals surface area contributed by atoms with Crippen LogP contribution < -0.4 is 4.74 Å². The van der Waals surface area contributed by atoms with Crippen LogP contribution in [0.4, 0.5) is 0 Å². The third-order valence-electron chi connectivity index (χ3n) is 2.47. The monoisotopic (exact) mass is 218 g/mol. The van der Waals surface area contributed by atoms with Gasteiger partial charge in [-0.1, -0.05) is 0 Å². The van der Waals surface area contributed by atoms with E-state index in [2.05, 4.69) is 0 Å². The van der Waals surface area contributed by atoms with Crippen molar-refractivity contribution < 1.29 is 9.53 Å². The number of hydrogen-bond acceptors (Lipinski definition) is 3. The zero-order valence-corrected chi connectivity index (χ0v) is 9.38. The summed E-state index contributed by atoms with van der Waals surface area (Å²) in [5.74, 6) is 0.758. The van der Waals surface area contributed by atoms with Crippen molar-refractivity contribution in [2.45, 2.75) is 0 Å². The Labute approximate surface area is 94.7 Å². The predicted molar refractivity (Wildman–Crippen MR) is 60.9 cm³/mol. The zero-order chi connectivity index (χ0) is 11.5. The van der Waals surface area contributed by atoms with Gasteiger partial charge in [0.1, 0.15) is 5.75 Å². The largest absolute Gasteiger partial charge is 0.497 e. The van der Waals surface area contributed by atoms with Crippen LogP contribution in [-0.2, 0) is 0 Å². The van der Waals surface area contributed by atoms with E-state index in [9.17, 15) is 4.79 Å². The second-order valence-corrected chi connectivity index (χ2v) is 3.70. The molecule has 84 valence electrons. The fourth-order valence-electron chi connectivity index (χ4n) is 1.56. The Hall–Kier alpha value is -1.97. The van der Waals surface area contributed by atoms with Gasteiger partial charge in [0, 0.05) is 25.0 Å². The van der Waals surface area contributed by atoms with Gasteiger partial charge in [-0.3, -0.25) is 9.69 Å². The third kappa shape index (κ3) is 2.00. The number of amides is 1.